The van der Waals surface area contributed by atoms with E-state index < -0.39 is 11.9 Å². The molecule has 0 bridgehead atoms. The summed E-state index contributed by atoms with van der Waals surface area (Å²) in [7, 11) is 0. The van der Waals surface area contributed by atoms with Gasteiger partial charge >= 0.3 is 11.9 Å². The molecule has 8 heteroatoms. The Labute approximate surface area is 231 Å². The second-order valence-electron chi connectivity index (χ2n) is 8.67. The predicted octanol–water partition coefficient (Wildman–Crippen LogP) is 5.81. The van der Waals surface area contributed by atoms with E-state index in [2.05, 4.69) is 0 Å². The average Bonchev–Trinajstić information content (AvgIpc) is 2.97. The maximum absolute atomic E-state index is 12.2. The van der Waals surface area contributed by atoms with Gasteiger partial charge in [-0.3, -0.25) is 0 Å². The van der Waals surface area contributed by atoms with Crippen molar-refractivity contribution >= 4 is 34.7 Å². The first-order chi connectivity index (χ1) is 19.3. The van der Waals surface area contributed by atoms with Gasteiger partial charge in [0.2, 0.25) is 0 Å². The van der Waals surface area contributed by atoms with Gasteiger partial charge in [0, 0.05) is 0 Å². The molecule has 5 aromatic carbocycles. The van der Waals surface area contributed by atoms with E-state index in [1.165, 1.54) is 6.07 Å². The quantitative estimate of drug-likeness (QED) is 0.125. The van der Waals surface area contributed by atoms with E-state index in [1.807, 2.05) is 36.4 Å². The van der Waals surface area contributed by atoms with Gasteiger partial charge in [0.15, 0.2) is 0 Å². The molecule has 0 radical (unpaired) electrons. The van der Waals surface area contributed by atoms with Crippen LogP contribution in [0.4, 0.5) is 22.7 Å². The molecule has 0 amide bonds. The third-order valence-electron chi connectivity index (χ3n) is 5.75. The minimum Gasteiger partial charge on any atom is -0.423 e. The van der Waals surface area contributed by atoms with Crippen LogP contribution in [0.3, 0.4) is 0 Å². The van der Waals surface area contributed by atoms with Crippen molar-refractivity contribution in [3.8, 4) is 22.6 Å². The average molecular weight is 533 g/mol. The number of ether oxygens (including phenoxy) is 2. The lowest BCUT2D eigenvalue weighted by Gasteiger charge is -2.07. The van der Waals surface area contributed by atoms with E-state index in [0.29, 0.717) is 34.2 Å². The summed E-state index contributed by atoms with van der Waals surface area (Å²) >= 11 is 0. The first kappa shape index (κ1) is 27.3. The summed E-state index contributed by atoms with van der Waals surface area (Å²) in [5, 5.41) is 0. The van der Waals surface area contributed by atoms with E-state index >= 15 is 0 Å². The van der Waals surface area contributed by atoms with Crippen LogP contribution in [-0.4, -0.2) is 11.9 Å². The molecule has 0 atom stereocenters. The van der Waals surface area contributed by atoms with E-state index in [0.717, 1.165) is 11.1 Å². The highest BCUT2D eigenvalue weighted by Crippen LogP contribution is 2.28. The van der Waals surface area contributed by atoms with Gasteiger partial charge in [0.1, 0.15) is 11.5 Å². The van der Waals surface area contributed by atoms with Crippen LogP contribution in [0.15, 0.2) is 121 Å². The Morgan fingerprint density at radius 1 is 0.425 bits per heavy atom. The van der Waals surface area contributed by atoms with Crippen LogP contribution in [0.1, 0.15) is 20.7 Å². The second-order valence-corrected chi connectivity index (χ2v) is 8.67. The highest BCUT2D eigenvalue weighted by atomic mass is 16.5. The van der Waals surface area contributed by atoms with Gasteiger partial charge < -0.3 is 32.4 Å². The number of esters is 2. The maximum Gasteiger partial charge on any atom is 0.343 e. The number of nitrogens with two attached hydrogens (primary N) is 4. The van der Waals surface area contributed by atoms with Crippen molar-refractivity contribution in [2.45, 2.75) is 0 Å². The van der Waals surface area contributed by atoms with Crippen LogP contribution in [0, 0.1) is 0 Å². The molecule has 200 valence electrons. The molecular weight excluding hydrogens is 504 g/mol. The molecule has 0 saturated carbocycles. The highest BCUT2D eigenvalue weighted by molar-refractivity contribution is 5.96. The molecule has 0 spiro atoms. The van der Waals surface area contributed by atoms with Crippen LogP contribution in [0.25, 0.3) is 11.1 Å². The van der Waals surface area contributed by atoms with Gasteiger partial charge in [-0.05, 0) is 77.9 Å². The highest BCUT2D eigenvalue weighted by Gasteiger charge is 2.14. The fourth-order valence-corrected chi connectivity index (χ4v) is 3.59. The normalized spacial score (nSPS) is 10.1. The molecule has 8 nitrogen and oxygen atoms in total. The first-order valence-electron chi connectivity index (χ1n) is 12.2. The van der Waals surface area contributed by atoms with E-state index in [9.17, 15) is 9.59 Å². The summed E-state index contributed by atoms with van der Waals surface area (Å²) < 4.78 is 10.5. The molecule has 0 fully saturated rings. The smallest absolute Gasteiger partial charge is 0.343 e. The topological polar surface area (TPSA) is 157 Å². The molecule has 0 unspecified atom stereocenters. The van der Waals surface area contributed by atoms with Crippen molar-refractivity contribution in [3.05, 3.63) is 132 Å². The van der Waals surface area contributed by atoms with Crippen molar-refractivity contribution in [2.24, 2.45) is 0 Å². The van der Waals surface area contributed by atoms with Crippen LogP contribution < -0.4 is 32.4 Å². The number of carbonyl (C=O) groups is 2. The third-order valence-corrected chi connectivity index (χ3v) is 5.75. The van der Waals surface area contributed by atoms with Gasteiger partial charge in [0.05, 0.1) is 33.9 Å². The largest absolute Gasteiger partial charge is 0.423 e. The van der Waals surface area contributed by atoms with Gasteiger partial charge in [0.25, 0.3) is 0 Å². The van der Waals surface area contributed by atoms with E-state index in [-0.39, 0.29) is 11.1 Å². The Hall–Kier alpha value is -5.76. The lowest BCUT2D eigenvalue weighted by molar-refractivity contribution is 0.0734. The number of benzene rings is 5. The molecule has 8 N–H and O–H groups in total. The van der Waals surface area contributed by atoms with E-state index in [1.54, 1.807) is 78.9 Å². The SMILES string of the molecule is Nc1ccc(-c2ccc(N)c(N)c2)cc1N.O=C(Oc1ccccc1)c1cccc(C(=O)Oc2ccccc2)c1. The molecule has 5 aromatic rings. The Kier molecular flexibility index (Phi) is 8.63. The van der Waals surface area contributed by atoms with Gasteiger partial charge in [-0.1, -0.05) is 54.6 Å². The van der Waals surface area contributed by atoms with E-state index in [4.69, 9.17) is 32.4 Å². The molecule has 0 aromatic heterocycles. The lowest BCUT2D eigenvalue weighted by Crippen LogP contribution is -2.12. The van der Waals surface area contributed by atoms with Crippen molar-refractivity contribution in [2.75, 3.05) is 22.9 Å². The third kappa shape index (κ3) is 7.17. The first-order valence-corrected chi connectivity index (χ1v) is 12.2. The summed E-state index contributed by atoms with van der Waals surface area (Å²) in [6.07, 6.45) is 0. The lowest BCUT2D eigenvalue weighted by atomic mass is 10.0. The Morgan fingerprint density at radius 2 is 0.825 bits per heavy atom. The van der Waals surface area contributed by atoms with Crippen molar-refractivity contribution in [1.29, 1.82) is 0 Å². The minimum absolute atomic E-state index is 0.279. The Morgan fingerprint density at radius 3 is 1.20 bits per heavy atom. The second kappa shape index (κ2) is 12.7. The maximum atomic E-state index is 12.2. The number of carbonyl (C=O) groups excluding carboxylic acids is 2. The summed E-state index contributed by atoms with van der Waals surface area (Å²) in [4.78, 5) is 24.3. The standard InChI is InChI=1S/C20H14O4.C12H14N4/c21-19(23-17-10-3-1-4-11-17)15-8-7-9-16(14-15)20(22)24-18-12-5-2-6-13-18;13-9-3-1-7(5-11(9)15)8-2-4-10(14)12(16)6-8/h1-14H;1-6H,13-16H2. The fraction of sp³-hybridized carbons (Fsp3) is 0. The van der Waals surface area contributed by atoms with Crippen molar-refractivity contribution in [1.82, 2.24) is 0 Å². The fourth-order valence-electron chi connectivity index (χ4n) is 3.59. The molecule has 0 aliphatic heterocycles. The van der Waals surface area contributed by atoms with Crippen LogP contribution in [0.5, 0.6) is 11.5 Å². The zero-order valence-electron chi connectivity index (χ0n) is 21.5. The Balaban J connectivity index is 0.000000201. The molecular formula is C32H28N4O4. The van der Waals surface area contributed by atoms with Crippen LogP contribution in [-0.2, 0) is 0 Å². The number of rotatable bonds is 5. The number of para-hydroxylation sites is 2. The van der Waals surface area contributed by atoms with Crippen molar-refractivity contribution < 1.29 is 19.1 Å². The summed E-state index contributed by atoms with van der Waals surface area (Å²) in [5.41, 5.74) is 27.6. The summed E-state index contributed by atoms with van der Waals surface area (Å²) in [5.74, 6) is -0.175. The number of hydrogen-bond acceptors (Lipinski definition) is 8. The molecule has 0 aliphatic rings. The number of nitrogen functional groups attached to an aromatic ring is 4. The minimum atomic E-state index is -0.532. The molecule has 40 heavy (non-hydrogen) atoms. The van der Waals surface area contributed by atoms with Gasteiger partial charge in [-0.15, -0.1) is 0 Å². The predicted molar refractivity (Wildman–Crippen MR) is 159 cm³/mol. The summed E-state index contributed by atoms with van der Waals surface area (Å²) in [6.45, 7) is 0. The molecule has 0 saturated heterocycles. The van der Waals surface area contributed by atoms with Crippen molar-refractivity contribution in [3.63, 3.8) is 0 Å². The van der Waals surface area contributed by atoms with Gasteiger partial charge in [-0.2, -0.15) is 0 Å². The zero-order valence-corrected chi connectivity index (χ0v) is 21.5. The monoisotopic (exact) mass is 532 g/mol. The van der Waals surface area contributed by atoms with Crippen LogP contribution >= 0.6 is 0 Å². The zero-order chi connectivity index (χ0) is 28.5. The molecule has 0 aliphatic carbocycles. The summed E-state index contributed by atoms with van der Waals surface area (Å²) in [6, 6.07) is 34.7. The van der Waals surface area contributed by atoms with Gasteiger partial charge in [-0.25, -0.2) is 9.59 Å². The molecule has 0 heterocycles. The van der Waals surface area contributed by atoms with Crippen LogP contribution in [0.2, 0.25) is 0 Å². The molecule has 5 rings (SSSR count). The number of anilines is 4. The number of hydrogen-bond donors (Lipinski definition) is 4. The Bertz CT molecular complexity index is 1510.